The highest BCUT2D eigenvalue weighted by Crippen LogP contribution is 2.19. The highest BCUT2D eigenvalue weighted by Gasteiger charge is 2.18. The van der Waals surface area contributed by atoms with Gasteiger partial charge in [-0.2, -0.15) is 0 Å². The average molecular weight is 346 g/mol. The summed E-state index contributed by atoms with van der Waals surface area (Å²) in [7, 11) is -3.63. The van der Waals surface area contributed by atoms with Crippen molar-refractivity contribution in [2.45, 2.75) is 38.1 Å². The third kappa shape index (κ3) is 4.66. The van der Waals surface area contributed by atoms with Gasteiger partial charge in [-0.25, -0.2) is 13.1 Å². The first kappa shape index (κ1) is 18.2. The minimum atomic E-state index is -3.63. The molecule has 0 spiro atoms. The molecule has 6 heteroatoms. The molecule has 0 bridgehead atoms. The molecule has 2 N–H and O–H groups in total. The Balaban J connectivity index is 2.13. The molecule has 0 saturated carbocycles. The van der Waals surface area contributed by atoms with E-state index in [1.54, 1.807) is 12.1 Å². The second-order valence-electron chi connectivity index (χ2n) is 5.64. The summed E-state index contributed by atoms with van der Waals surface area (Å²) < 4.78 is 27.6. The molecular formula is C18H22N2O3S. The SMILES string of the molecule is CCc1ccc(C(C)NS(=O)(=O)c2ccc(NC(C)=O)cc2)cc1. The molecule has 5 nitrogen and oxygen atoms in total. The molecule has 0 aliphatic heterocycles. The van der Waals surface area contributed by atoms with Gasteiger partial charge in [0.1, 0.15) is 0 Å². The zero-order valence-corrected chi connectivity index (χ0v) is 14.9. The van der Waals surface area contributed by atoms with E-state index in [4.69, 9.17) is 0 Å². The molecule has 2 rings (SSSR count). The summed E-state index contributed by atoms with van der Waals surface area (Å²) in [6, 6.07) is 13.6. The molecule has 128 valence electrons. The molecule has 24 heavy (non-hydrogen) atoms. The van der Waals surface area contributed by atoms with Crippen molar-refractivity contribution in [2.75, 3.05) is 5.32 Å². The van der Waals surface area contributed by atoms with Gasteiger partial charge in [-0.3, -0.25) is 4.79 Å². The predicted molar refractivity (Wildman–Crippen MR) is 95.3 cm³/mol. The summed E-state index contributed by atoms with van der Waals surface area (Å²) in [6.07, 6.45) is 0.945. The van der Waals surface area contributed by atoms with Crippen molar-refractivity contribution in [3.05, 3.63) is 59.7 Å². The summed E-state index contributed by atoms with van der Waals surface area (Å²) in [4.78, 5) is 11.2. The minimum absolute atomic E-state index is 0.161. The maximum Gasteiger partial charge on any atom is 0.241 e. The molecule has 0 saturated heterocycles. The highest BCUT2D eigenvalue weighted by atomic mass is 32.2. The maximum absolute atomic E-state index is 12.5. The normalized spacial score (nSPS) is 12.6. The number of sulfonamides is 1. The molecule has 0 aliphatic carbocycles. The van der Waals surface area contributed by atoms with Crippen LogP contribution in [0.5, 0.6) is 0 Å². The molecule has 0 aliphatic rings. The number of benzene rings is 2. The van der Waals surface area contributed by atoms with Gasteiger partial charge in [-0.1, -0.05) is 31.2 Å². The lowest BCUT2D eigenvalue weighted by molar-refractivity contribution is -0.114. The Morgan fingerprint density at radius 2 is 1.62 bits per heavy atom. The van der Waals surface area contributed by atoms with Crippen LogP contribution in [0.4, 0.5) is 5.69 Å². The van der Waals surface area contributed by atoms with E-state index in [1.807, 2.05) is 31.2 Å². The van der Waals surface area contributed by atoms with Crippen molar-refractivity contribution < 1.29 is 13.2 Å². The van der Waals surface area contributed by atoms with Crippen LogP contribution in [0, 0.1) is 0 Å². The Morgan fingerprint density at radius 3 is 2.12 bits per heavy atom. The fourth-order valence-electron chi connectivity index (χ4n) is 2.33. The molecule has 2 aromatic carbocycles. The van der Waals surface area contributed by atoms with Crippen LogP contribution in [-0.2, 0) is 21.2 Å². The quantitative estimate of drug-likeness (QED) is 0.843. The zero-order chi connectivity index (χ0) is 17.7. The van der Waals surface area contributed by atoms with Crippen LogP contribution >= 0.6 is 0 Å². The second-order valence-corrected chi connectivity index (χ2v) is 7.36. The lowest BCUT2D eigenvalue weighted by atomic mass is 10.1. The molecule has 0 fully saturated rings. The number of anilines is 1. The first-order valence-corrected chi connectivity index (χ1v) is 9.29. The molecule has 1 atom stereocenters. The van der Waals surface area contributed by atoms with Gasteiger partial charge in [-0.15, -0.1) is 0 Å². The third-order valence-corrected chi connectivity index (χ3v) is 5.26. The molecule has 2 aromatic rings. The fourth-order valence-corrected chi connectivity index (χ4v) is 3.56. The van der Waals surface area contributed by atoms with Crippen molar-refractivity contribution in [1.29, 1.82) is 0 Å². The summed E-state index contributed by atoms with van der Waals surface area (Å²) in [5.74, 6) is -0.201. The van der Waals surface area contributed by atoms with E-state index in [0.29, 0.717) is 5.69 Å². The lowest BCUT2D eigenvalue weighted by Crippen LogP contribution is -2.26. The standard InChI is InChI=1S/C18H22N2O3S/c1-4-15-5-7-16(8-6-15)13(2)20-24(22,23)18-11-9-17(10-12-18)19-14(3)21/h5-13,20H,4H2,1-3H3,(H,19,21). The fraction of sp³-hybridized carbons (Fsp3) is 0.278. The Kier molecular flexibility index (Phi) is 5.75. The van der Waals surface area contributed by atoms with Crippen LogP contribution in [-0.4, -0.2) is 14.3 Å². The summed E-state index contributed by atoms with van der Waals surface area (Å²) >= 11 is 0. The van der Waals surface area contributed by atoms with Gasteiger partial charge < -0.3 is 5.32 Å². The Hall–Kier alpha value is -2.18. The molecule has 1 unspecified atom stereocenters. The molecule has 0 heterocycles. The number of carbonyl (C=O) groups excluding carboxylic acids is 1. The number of hydrogen-bond acceptors (Lipinski definition) is 3. The Labute approximate surface area is 143 Å². The van der Waals surface area contributed by atoms with Crippen LogP contribution in [0.2, 0.25) is 0 Å². The monoisotopic (exact) mass is 346 g/mol. The van der Waals surface area contributed by atoms with E-state index in [1.165, 1.54) is 24.6 Å². The van der Waals surface area contributed by atoms with Crippen molar-refractivity contribution in [3.8, 4) is 0 Å². The molecule has 0 aromatic heterocycles. The van der Waals surface area contributed by atoms with Gasteiger partial charge in [0.25, 0.3) is 0 Å². The van der Waals surface area contributed by atoms with Gasteiger partial charge >= 0.3 is 0 Å². The highest BCUT2D eigenvalue weighted by molar-refractivity contribution is 7.89. The number of amides is 1. The van der Waals surface area contributed by atoms with Gasteiger partial charge in [-0.05, 0) is 48.7 Å². The third-order valence-electron chi connectivity index (χ3n) is 3.70. The largest absolute Gasteiger partial charge is 0.326 e. The summed E-state index contributed by atoms with van der Waals surface area (Å²) in [5.41, 5.74) is 2.68. The lowest BCUT2D eigenvalue weighted by Gasteiger charge is -2.15. The van der Waals surface area contributed by atoms with Crippen LogP contribution in [0.1, 0.15) is 37.9 Å². The van der Waals surface area contributed by atoms with Crippen molar-refractivity contribution >= 4 is 21.6 Å². The van der Waals surface area contributed by atoms with Crippen LogP contribution in [0.25, 0.3) is 0 Å². The van der Waals surface area contributed by atoms with Crippen LogP contribution < -0.4 is 10.0 Å². The molecule has 1 amide bonds. The summed E-state index contributed by atoms with van der Waals surface area (Å²) in [6.45, 7) is 5.29. The van der Waals surface area contributed by atoms with Crippen molar-refractivity contribution in [1.82, 2.24) is 4.72 Å². The molecular weight excluding hydrogens is 324 g/mol. The zero-order valence-electron chi connectivity index (χ0n) is 14.0. The predicted octanol–water partition coefficient (Wildman–Crippen LogP) is 3.25. The summed E-state index contributed by atoms with van der Waals surface area (Å²) in [5, 5.41) is 2.61. The van der Waals surface area contributed by atoms with Gasteiger partial charge in [0.05, 0.1) is 4.90 Å². The molecule has 0 radical (unpaired) electrons. The first-order valence-electron chi connectivity index (χ1n) is 7.80. The average Bonchev–Trinajstić information content (AvgIpc) is 2.54. The van der Waals surface area contributed by atoms with E-state index in [0.717, 1.165) is 12.0 Å². The number of carbonyl (C=O) groups is 1. The van der Waals surface area contributed by atoms with E-state index in [2.05, 4.69) is 17.0 Å². The smallest absolute Gasteiger partial charge is 0.241 e. The van der Waals surface area contributed by atoms with E-state index >= 15 is 0 Å². The van der Waals surface area contributed by atoms with E-state index < -0.39 is 10.0 Å². The second kappa shape index (κ2) is 7.59. The number of hydrogen-bond donors (Lipinski definition) is 2. The number of nitrogens with one attached hydrogen (secondary N) is 2. The van der Waals surface area contributed by atoms with Gasteiger partial charge in [0.2, 0.25) is 15.9 Å². The first-order chi connectivity index (χ1) is 11.3. The Morgan fingerprint density at radius 1 is 1.04 bits per heavy atom. The van der Waals surface area contributed by atoms with E-state index in [-0.39, 0.29) is 16.8 Å². The maximum atomic E-state index is 12.5. The van der Waals surface area contributed by atoms with E-state index in [9.17, 15) is 13.2 Å². The minimum Gasteiger partial charge on any atom is -0.326 e. The van der Waals surface area contributed by atoms with Crippen LogP contribution in [0.15, 0.2) is 53.4 Å². The Bertz CT molecular complexity index is 797. The van der Waals surface area contributed by atoms with Crippen molar-refractivity contribution in [2.24, 2.45) is 0 Å². The van der Waals surface area contributed by atoms with Crippen molar-refractivity contribution in [3.63, 3.8) is 0 Å². The van der Waals surface area contributed by atoms with Gasteiger partial charge in [0, 0.05) is 18.7 Å². The number of aryl methyl sites for hydroxylation is 1. The topological polar surface area (TPSA) is 75.3 Å². The van der Waals surface area contributed by atoms with Crippen LogP contribution in [0.3, 0.4) is 0 Å². The van der Waals surface area contributed by atoms with Gasteiger partial charge in [0.15, 0.2) is 0 Å². The number of rotatable bonds is 6.